The molecule has 0 saturated carbocycles. The van der Waals surface area contributed by atoms with Gasteiger partial charge in [0.25, 0.3) is 0 Å². The SMILES string of the molecule is O=C(O)CNc1ncnc2c1ncn2[C@@H]1O[C@H](CO)C(O)[C@@H]1O. The minimum absolute atomic E-state index is 0.225. The summed E-state index contributed by atoms with van der Waals surface area (Å²) in [6.45, 7) is -0.783. The van der Waals surface area contributed by atoms with Crippen LogP contribution >= 0.6 is 0 Å². The van der Waals surface area contributed by atoms with E-state index in [0.717, 1.165) is 0 Å². The molecule has 0 radical (unpaired) electrons. The van der Waals surface area contributed by atoms with Crippen LogP contribution in [0.3, 0.4) is 0 Å². The lowest BCUT2D eigenvalue weighted by molar-refractivity contribution is -0.134. The Kier molecular flexibility index (Phi) is 4.09. The third-order valence-corrected chi connectivity index (χ3v) is 3.56. The van der Waals surface area contributed by atoms with Crippen molar-refractivity contribution in [1.82, 2.24) is 19.5 Å². The number of carboxylic acids is 1. The highest BCUT2D eigenvalue weighted by Crippen LogP contribution is 2.31. The Hall–Kier alpha value is -2.34. The highest BCUT2D eigenvalue weighted by molar-refractivity contribution is 5.84. The number of rotatable bonds is 5. The number of nitrogens with zero attached hydrogens (tertiary/aromatic N) is 4. The highest BCUT2D eigenvalue weighted by atomic mass is 16.6. The molecule has 3 heterocycles. The number of nitrogens with one attached hydrogen (secondary N) is 1. The van der Waals surface area contributed by atoms with Crippen LogP contribution in [0.25, 0.3) is 11.2 Å². The number of aliphatic hydroxyl groups is 3. The lowest BCUT2D eigenvalue weighted by Gasteiger charge is -2.16. The number of fused-ring (bicyclic) bond motifs is 1. The molecule has 0 spiro atoms. The number of aromatic nitrogens is 4. The molecule has 124 valence electrons. The van der Waals surface area contributed by atoms with Crippen LogP contribution in [0.4, 0.5) is 5.82 Å². The van der Waals surface area contributed by atoms with Crippen LogP contribution in [0.5, 0.6) is 0 Å². The van der Waals surface area contributed by atoms with Crippen molar-refractivity contribution < 1.29 is 30.0 Å². The lowest BCUT2D eigenvalue weighted by Crippen LogP contribution is -2.33. The van der Waals surface area contributed by atoms with Gasteiger partial charge >= 0.3 is 5.97 Å². The van der Waals surface area contributed by atoms with E-state index in [2.05, 4.69) is 20.3 Å². The maximum atomic E-state index is 10.6. The molecule has 1 aliphatic heterocycles. The van der Waals surface area contributed by atoms with Gasteiger partial charge in [0, 0.05) is 0 Å². The molecule has 5 N–H and O–H groups in total. The average Bonchev–Trinajstić information content (AvgIpc) is 3.08. The first kappa shape index (κ1) is 15.6. The van der Waals surface area contributed by atoms with Crippen molar-refractivity contribution >= 4 is 23.0 Å². The second-order valence-corrected chi connectivity index (χ2v) is 5.02. The normalized spacial score (nSPS) is 27.4. The lowest BCUT2D eigenvalue weighted by atomic mass is 10.1. The summed E-state index contributed by atoms with van der Waals surface area (Å²) in [5.41, 5.74) is 0.592. The summed E-state index contributed by atoms with van der Waals surface area (Å²) in [5, 5.41) is 40.3. The molecule has 23 heavy (non-hydrogen) atoms. The number of aliphatic hydroxyl groups excluding tert-OH is 3. The van der Waals surface area contributed by atoms with Gasteiger partial charge in [-0.25, -0.2) is 15.0 Å². The fourth-order valence-electron chi connectivity index (χ4n) is 2.44. The molecular weight excluding hydrogens is 310 g/mol. The van der Waals surface area contributed by atoms with Crippen molar-refractivity contribution in [2.24, 2.45) is 0 Å². The molecule has 1 fully saturated rings. The predicted octanol–water partition coefficient (Wildman–Crippen LogP) is -2.07. The largest absolute Gasteiger partial charge is 0.480 e. The van der Waals surface area contributed by atoms with Crippen LogP contribution in [0.1, 0.15) is 6.23 Å². The van der Waals surface area contributed by atoms with Crippen molar-refractivity contribution in [2.45, 2.75) is 24.5 Å². The van der Waals surface area contributed by atoms with Crippen LogP contribution in [0, 0.1) is 0 Å². The van der Waals surface area contributed by atoms with E-state index in [-0.39, 0.29) is 12.4 Å². The fourth-order valence-corrected chi connectivity index (χ4v) is 2.44. The summed E-state index contributed by atoms with van der Waals surface area (Å²) >= 11 is 0. The van der Waals surface area contributed by atoms with Gasteiger partial charge in [-0.05, 0) is 0 Å². The topological polar surface area (TPSA) is 163 Å². The molecule has 0 aliphatic carbocycles. The molecular formula is C12H15N5O6. The van der Waals surface area contributed by atoms with Gasteiger partial charge in [0.15, 0.2) is 23.2 Å². The third kappa shape index (κ3) is 2.70. The molecule has 1 aliphatic rings. The van der Waals surface area contributed by atoms with Crippen molar-refractivity contribution in [3.8, 4) is 0 Å². The van der Waals surface area contributed by atoms with Gasteiger partial charge in [0.05, 0.1) is 12.9 Å². The molecule has 4 atom stereocenters. The molecule has 2 aromatic rings. The average molecular weight is 325 g/mol. The van der Waals surface area contributed by atoms with E-state index in [4.69, 9.17) is 14.9 Å². The zero-order valence-corrected chi connectivity index (χ0v) is 11.8. The molecule has 11 nitrogen and oxygen atoms in total. The molecule has 3 rings (SSSR count). The summed E-state index contributed by atoms with van der Waals surface area (Å²) in [4.78, 5) is 22.7. The van der Waals surface area contributed by atoms with Crippen molar-refractivity contribution in [2.75, 3.05) is 18.5 Å². The summed E-state index contributed by atoms with van der Waals surface area (Å²) < 4.78 is 6.82. The number of carbonyl (C=O) groups is 1. The van der Waals surface area contributed by atoms with Crippen molar-refractivity contribution in [3.63, 3.8) is 0 Å². The Morgan fingerprint density at radius 1 is 1.30 bits per heavy atom. The molecule has 2 aromatic heterocycles. The second kappa shape index (κ2) is 6.04. The number of carboxylic acid groups (broad SMARTS) is 1. The minimum atomic E-state index is -1.27. The molecule has 11 heteroatoms. The van der Waals surface area contributed by atoms with E-state index in [9.17, 15) is 15.0 Å². The molecule has 1 saturated heterocycles. The zero-order valence-electron chi connectivity index (χ0n) is 11.8. The Bertz CT molecular complexity index is 721. The first-order valence-corrected chi connectivity index (χ1v) is 6.78. The third-order valence-electron chi connectivity index (χ3n) is 3.56. The van der Waals surface area contributed by atoms with E-state index in [1.54, 1.807) is 0 Å². The van der Waals surface area contributed by atoms with Crippen LogP contribution in [-0.2, 0) is 9.53 Å². The van der Waals surface area contributed by atoms with Crippen LogP contribution in [0.15, 0.2) is 12.7 Å². The van der Waals surface area contributed by atoms with E-state index in [0.29, 0.717) is 11.2 Å². The van der Waals surface area contributed by atoms with Crippen LogP contribution < -0.4 is 5.32 Å². The molecule has 1 unspecified atom stereocenters. The maximum Gasteiger partial charge on any atom is 0.322 e. The Morgan fingerprint density at radius 3 is 2.74 bits per heavy atom. The minimum Gasteiger partial charge on any atom is -0.480 e. The fraction of sp³-hybridized carbons (Fsp3) is 0.500. The van der Waals surface area contributed by atoms with Gasteiger partial charge in [0.1, 0.15) is 31.2 Å². The molecule has 0 aromatic carbocycles. The van der Waals surface area contributed by atoms with E-state index in [1.165, 1.54) is 17.2 Å². The molecule has 0 bridgehead atoms. The molecule has 0 amide bonds. The quantitative estimate of drug-likeness (QED) is 0.413. The van der Waals surface area contributed by atoms with Crippen LogP contribution in [0.2, 0.25) is 0 Å². The van der Waals surface area contributed by atoms with E-state index >= 15 is 0 Å². The van der Waals surface area contributed by atoms with E-state index < -0.39 is 37.1 Å². The Balaban J connectivity index is 1.94. The Morgan fingerprint density at radius 2 is 2.09 bits per heavy atom. The number of aliphatic carboxylic acids is 1. The van der Waals surface area contributed by atoms with Gasteiger partial charge in [-0.3, -0.25) is 9.36 Å². The number of anilines is 1. The summed E-state index contributed by atoms with van der Waals surface area (Å²) in [7, 11) is 0. The monoisotopic (exact) mass is 325 g/mol. The number of imidazole rings is 1. The van der Waals surface area contributed by atoms with Gasteiger partial charge < -0.3 is 30.5 Å². The summed E-state index contributed by atoms with van der Waals surface area (Å²) in [5.74, 6) is -0.831. The predicted molar refractivity (Wildman–Crippen MR) is 74.5 cm³/mol. The highest BCUT2D eigenvalue weighted by Gasteiger charge is 2.44. The second-order valence-electron chi connectivity index (χ2n) is 5.02. The van der Waals surface area contributed by atoms with Crippen molar-refractivity contribution in [3.05, 3.63) is 12.7 Å². The van der Waals surface area contributed by atoms with Crippen molar-refractivity contribution in [1.29, 1.82) is 0 Å². The number of hydrogen-bond donors (Lipinski definition) is 5. The van der Waals surface area contributed by atoms with Crippen LogP contribution in [-0.4, -0.2) is 77.4 Å². The summed E-state index contributed by atoms with van der Waals surface area (Å²) in [6, 6.07) is 0. The van der Waals surface area contributed by atoms with Gasteiger partial charge in [-0.1, -0.05) is 0 Å². The standard InChI is InChI=1S/C12H15N5O6/c18-2-5-8(21)9(22)12(23-5)17-4-16-7-10(13-1-6(19)20)14-3-15-11(7)17/h3-5,8-9,12,18,21-22H,1-2H2,(H,19,20)(H,13,14,15)/t5-,8?,9+,12-/m1/s1. The Labute approximate surface area is 129 Å². The summed E-state index contributed by atoms with van der Waals surface area (Å²) in [6.07, 6.45) is -1.85. The maximum absolute atomic E-state index is 10.6. The smallest absolute Gasteiger partial charge is 0.322 e. The van der Waals surface area contributed by atoms with Gasteiger partial charge in [0.2, 0.25) is 0 Å². The number of hydrogen-bond acceptors (Lipinski definition) is 9. The number of ether oxygens (including phenoxy) is 1. The van der Waals surface area contributed by atoms with Gasteiger partial charge in [-0.2, -0.15) is 0 Å². The van der Waals surface area contributed by atoms with E-state index in [1.807, 2.05) is 0 Å². The first-order chi connectivity index (χ1) is 11.0. The first-order valence-electron chi connectivity index (χ1n) is 6.78. The zero-order chi connectivity index (χ0) is 16.6. The van der Waals surface area contributed by atoms with Gasteiger partial charge in [-0.15, -0.1) is 0 Å².